The third-order valence-electron chi connectivity index (χ3n) is 4.48. The van der Waals surface area contributed by atoms with Gasteiger partial charge in [-0.1, -0.05) is 42.0 Å². The van der Waals surface area contributed by atoms with Crippen LogP contribution in [-0.2, 0) is 29.1 Å². The van der Waals surface area contributed by atoms with E-state index >= 15 is 0 Å². The molecule has 25 heavy (non-hydrogen) atoms. The smallest absolute Gasteiger partial charge is 0.293 e. The molecule has 4 nitrogen and oxygen atoms in total. The number of nitrogens with zero attached hydrogens (tertiary/aromatic N) is 1. The number of hydrogen-bond acceptors (Lipinski definition) is 3. The normalized spacial score (nSPS) is 13.7. The van der Waals surface area contributed by atoms with Gasteiger partial charge in [0.2, 0.25) is 0 Å². The summed E-state index contributed by atoms with van der Waals surface area (Å²) < 4.78 is 4.54. The third kappa shape index (κ3) is 4.28. The summed E-state index contributed by atoms with van der Waals surface area (Å²) in [6.45, 7) is 5.22. The van der Waals surface area contributed by atoms with Crippen molar-refractivity contribution in [1.82, 2.24) is 9.88 Å². The van der Waals surface area contributed by atoms with Crippen molar-refractivity contribution in [3.05, 3.63) is 70.9 Å². The van der Waals surface area contributed by atoms with Crippen LogP contribution >= 0.6 is 0 Å². The van der Waals surface area contributed by atoms with Crippen LogP contribution in [0.3, 0.4) is 0 Å². The molecule has 0 radical (unpaired) electrons. The molecule has 0 unspecified atom stereocenters. The van der Waals surface area contributed by atoms with Gasteiger partial charge < -0.3 is 14.6 Å². The van der Waals surface area contributed by atoms with Crippen LogP contribution in [0, 0.1) is 6.92 Å². The summed E-state index contributed by atoms with van der Waals surface area (Å²) >= 11 is 0. The quantitative estimate of drug-likeness (QED) is 0.740. The first kappa shape index (κ1) is 17.2. The Labute approximate surface area is 148 Å². The molecule has 0 bridgehead atoms. The maximum absolute atomic E-state index is 9.76. The van der Waals surface area contributed by atoms with Crippen molar-refractivity contribution >= 4 is 17.4 Å². The zero-order valence-electron chi connectivity index (χ0n) is 14.8. The SMILES string of the molecule is Cc1ccc2[nH]c3c(c2c1)CN(C)CC3.O=COCc1ccccc1. The lowest BCUT2D eigenvalue weighted by Gasteiger charge is -2.22. The molecule has 2 aromatic carbocycles. The molecule has 2 heterocycles. The molecular weight excluding hydrogens is 312 g/mol. The molecule has 0 saturated carbocycles. The van der Waals surface area contributed by atoms with Crippen molar-refractivity contribution in [2.45, 2.75) is 26.5 Å². The van der Waals surface area contributed by atoms with E-state index in [9.17, 15) is 4.79 Å². The van der Waals surface area contributed by atoms with Crippen LogP contribution in [0.2, 0.25) is 0 Å². The van der Waals surface area contributed by atoms with Gasteiger partial charge in [-0.2, -0.15) is 0 Å². The molecule has 1 N–H and O–H groups in total. The fraction of sp³-hybridized carbons (Fsp3) is 0.286. The average molecular weight is 336 g/mol. The molecule has 0 spiro atoms. The van der Waals surface area contributed by atoms with Crippen molar-refractivity contribution in [2.75, 3.05) is 13.6 Å². The zero-order chi connectivity index (χ0) is 17.6. The van der Waals surface area contributed by atoms with Crippen LogP contribution in [0.5, 0.6) is 0 Å². The monoisotopic (exact) mass is 336 g/mol. The molecule has 0 atom stereocenters. The van der Waals surface area contributed by atoms with Crippen LogP contribution in [0.25, 0.3) is 10.9 Å². The van der Waals surface area contributed by atoms with Crippen molar-refractivity contribution in [3.8, 4) is 0 Å². The number of nitrogens with one attached hydrogen (secondary N) is 1. The van der Waals surface area contributed by atoms with E-state index in [2.05, 4.69) is 46.8 Å². The highest BCUT2D eigenvalue weighted by Gasteiger charge is 2.17. The maximum atomic E-state index is 9.76. The van der Waals surface area contributed by atoms with Gasteiger partial charge in [0.1, 0.15) is 6.61 Å². The van der Waals surface area contributed by atoms with E-state index in [-0.39, 0.29) is 0 Å². The van der Waals surface area contributed by atoms with E-state index in [4.69, 9.17) is 0 Å². The molecule has 0 fully saturated rings. The van der Waals surface area contributed by atoms with E-state index < -0.39 is 0 Å². The minimum absolute atomic E-state index is 0.365. The fourth-order valence-electron chi connectivity index (χ4n) is 3.17. The van der Waals surface area contributed by atoms with Crippen LogP contribution in [-0.4, -0.2) is 29.9 Å². The summed E-state index contributed by atoms with van der Waals surface area (Å²) in [4.78, 5) is 15.7. The molecule has 0 aliphatic carbocycles. The Morgan fingerprint density at radius 2 is 2.00 bits per heavy atom. The van der Waals surface area contributed by atoms with E-state index in [0.717, 1.165) is 18.5 Å². The maximum Gasteiger partial charge on any atom is 0.293 e. The Hall–Kier alpha value is -2.59. The van der Waals surface area contributed by atoms with Gasteiger partial charge in [-0.05, 0) is 37.2 Å². The predicted octanol–water partition coefficient (Wildman–Crippen LogP) is 3.82. The van der Waals surface area contributed by atoms with Crippen molar-refractivity contribution in [2.24, 2.45) is 0 Å². The van der Waals surface area contributed by atoms with Crippen molar-refractivity contribution in [1.29, 1.82) is 0 Å². The highest BCUT2D eigenvalue weighted by Crippen LogP contribution is 2.27. The Morgan fingerprint density at radius 3 is 2.76 bits per heavy atom. The van der Waals surface area contributed by atoms with Crippen LogP contribution in [0.1, 0.15) is 22.4 Å². The molecular formula is C21H24N2O2. The van der Waals surface area contributed by atoms with E-state index in [1.807, 2.05) is 30.3 Å². The second kappa shape index (κ2) is 7.99. The largest absolute Gasteiger partial charge is 0.463 e. The number of fused-ring (bicyclic) bond motifs is 3. The highest BCUT2D eigenvalue weighted by molar-refractivity contribution is 5.85. The Balaban J connectivity index is 0.000000160. The lowest BCUT2D eigenvalue weighted by atomic mass is 10.0. The standard InChI is InChI=1S/C13H16N2.C8H8O2/c1-9-3-4-12-10(7-9)11-8-15(2)6-5-13(11)14-12;9-7-10-6-8-4-2-1-3-5-8/h3-4,7,14H,5-6,8H2,1-2H3;1-5,7H,6H2. The van der Waals surface area contributed by atoms with Crippen LogP contribution in [0.4, 0.5) is 0 Å². The van der Waals surface area contributed by atoms with Gasteiger partial charge in [0.15, 0.2) is 0 Å². The third-order valence-corrected chi connectivity index (χ3v) is 4.48. The van der Waals surface area contributed by atoms with Gasteiger partial charge >= 0.3 is 0 Å². The van der Waals surface area contributed by atoms with Gasteiger partial charge in [0, 0.05) is 36.1 Å². The number of rotatable bonds is 3. The molecule has 4 rings (SSSR count). The number of aryl methyl sites for hydroxylation is 1. The molecule has 1 aromatic heterocycles. The Morgan fingerprint density at radius 1 is 1.20 bits per heavy atom. The number of carbonyl (C=O) groups is 1. The second-order valence-electron chi connectivity index (χ2n) is 6.51. The molecule has 1 aliphatic rings. The minimum atomic E-state index is 0.365. The number of aromatic amines is 1. The number of ether oxygens (including phenoxy) is 1. The lowest BCUT2D eigenvalue weighted by Crippen LogP contribution is -2.25. The fourth-order valence-corrected chi connectivity index (χ4v) is 3.17. The number of carbonyl (C=O) groups excluding carboxylic acids is 1. The first-order chi connectivity index (χ1) is 12.2. The van der Waals surface area contributed by atoms with E-state index in [1.54, 1.807) is 0 Å². The number of likely N-dealkylation sites (N-methyl/N-ethyl adjacent to an activating group) is 1. The van der Waals surface area contributed by atoms with E-state index in [0.29, 0.717) is 13.1 Å². The number of aromatic nitrogens is 1. The molecule has 0 saturated heterocycles. The second-order valence-corrected chi connectivity index (χ2v) is 6.51. The van der Waals surface area contributed by atoms with Crippen LogP contribution in [0.15, 0.2) is 48.5 Å². The molecule has 3 aromatic rings. The Kier molecular flexibility index (Phi) is 5.51. The first-order valence-electron chi connectivity index (χ1n) is 8.55. The van der Waals surface area contributed by atoms with Crippen molar-refractivity contribution < 1.29 is 9.53 Å². The summed E-state index contributed by atoms with van der Waals surface area (Å²) in [5.74, 6) is 0. The molecule has 0 amide bonds. The van der Waals surface area contributed by atoms with Gasteiger partial charge in [-0.15, -0.1) is 0 Å². The van der Waals surface area contributed by atoms with E-state index in [1.165, 1.54) is 34.3 Å². The summed E-state index contributed by atoms with van der Waals surface area (Å²) in [5, 5.41) is 1.41. The number of benzene rings is 2. The lowest BCUT2D eigenvalue weighted by molar-refractivity contribution is -0.129. The van der Waals surface area contributed by atoms with Crippen LogP contribution < -0.4 is 0 Å². The van der Waals surface area contributed by atoms with Gasteiger partial charge in [-0.3, -0.25) is 4.79 Å². The zero-order valence-corrected chi connectivity index (χ0v) is 14.8. The van der Waals surface area contributed by atoms with Crippen molar-refractivity contribution in [3.63, 3.8) is 0 Å². The minimum Gasteiger partial charge on any atom is -0.463 e. The summed E-state index contributed by atoms with van der Waals surface area (Å²) in [7, 11) is 2.19. The summed E-state index contributed by atoms with van der Waals surface area (Å²) in [6.07, 6.45) is 1.15. The summed E-state index contributed by atoms with van der Waals surface area (Å²) in [5.41, 5.74) is 6.59. The topological polar surface area (TPSA) is 45.3 Å². The molecule has 4 heteroatoms. The van der Waals surface area contributed by atoms with Gasteiger partial charge in [0.05, 0.1) is 0 Å². The highest BCUT2D eigenvalue weighted by atomic mass is 16.5. The van der Waals surface area contributed by atoms with Gasteiger partial charge in [0.25, 0.3) is 6.47 Å². The first-order valence-corrected chi connectivity index (χ1v) is 8.55. The number of hydrogen-bond donors (Lipinski definition) is 1. The average Bonchev–Trinajstić information content (AvgIpc) is 2.98. The van der Waals surface area contributed by atoms with Gasteiger partial charge in [-0.25, -0.2) is 0 Å². The Bertz CT molecular complexity index is 840. The predicted molar refractivity (Wildman–Crippen MR) is 100 cm³/mol. The summed E-state index contributed by atoms with van der Waals surface area (Å²) in [6, 6.07) is 16.2. The molecule has 130 valence electrons. The number of H-pyrrole nitrogens is 1. The molecule has 1 aliphatic heterocycles.